The van der Waals surface area contributed by atoms with Crippen molar-refractivity contribution in [2.45, 2.75) is 200 Å². The van der Waals surface area contributed by atoms with Crippen molar-refractivity contribution in [2.24, 2.45) is 0 Å². The van der Waals surface area contributed by atoms with E-state index in [0.29, 0.717) is 23.7 Å². The molecule has 6 aromatic heterocycles. The summed E-state index contributed by atoms with van der Waals surface area (Å²) >= 11 is 0. The van der Waals surface area contributed by atoms with Crippen molar-refractivity contribution in [2.75, 3.05) is 0 Å². The van der Waals surface area contributed by atoms with Gasteiger partial charge in [0.2, 0.25) is 0 Å². The predicted molar refractivity (Wildman–Crippen MR) is 487 cm³/mol. The van der Waals surface area contributed by atoms with Crippen LogP contribution in [-0.2, 0) is 89.4 Å². The summed E-state index contributed by atoms with van der Waals surface area (Å²) in [5.41, 5.74) is 22.1. The number of hydrogen-bond acceptors (Lipinski definition) is 6. The fourth-order valence-electron chi connectivity index (χ4n) is 16.3. The van der Waals surface area contributed by atoms with Crippen LogP contribution in [0, 0.1) is 36.4 Å². The van der Waals surface area contributed by atoms with Gasteiger partial charge in [-0.05, 0) is 132 Å². The number of nitrogens with zero attached hydrogens (tertiary/aromatic N) is 9. The smallest absolute Gasteiger partial charge is 0.0602 e. The van der Waals surface area contributed by atoms with Gasteiger partial charge in [-0.25, -0.2) is 0 Å². The predicted octanol–water partition coefficient (Wildman–Crippen LogP) is 27.1. The maximum atomic E-state index is 4.77. The minimum atomic E-state index is -0.0808. The molecule has 0 spiro atoms. The van der Waals surface area contributed by atoms with Crippen LogP contribution in [0.5, 0.6) is 0 Å². The standard InChI is InChI=1S/C27H31N2.C21H23N2.C19H19N2.3C14H14N.3Ir/c1-4-11-21(12-5-1)24-17-10-18-25(22-13-6-2-7-14-22)26(24)29-20-19-28-27(29)23-15-8-3-9-16-23;1-15(2)18-11-8-12-19(16(3)4)20(18)23-14-13-22-21(23)17-9-6-5-7-10-17;1-3-15-11-8-12-16(4-2)18(15)21-14-13-20-19(21)17-9-6-5-7-10-17;3*1-14(2,12-8-4-3-5-9-12)13-10-6-7-11-15-13;;;/h3,8-10,15,17-22H,1-2,4-7,11-14H2;5-9,11-16H,1-4H3;5-9,11-14H,3-4H2,1-2H3;3*3-8,10-11H,1-2H3;;;/q6*-1;;;. The second-order valence-corrected chi connectivity index (χ2v) is 32.7. The second kappa shape index (κ2) is 46.9. The van der Waals surface area contributed by atoms with Crippen LogP contribution in [0.1, 0.15) is 238 Å². The molecule has 0 unspecified atom stereocenters. The number of para-hydroxylation sites is 3. The Morgan fingerprint density at radius 2 is 0.603 bits per heavy atom. The molecule has 121 heavy (non-hydrogen) atoms. The minimum absolute atomic E-state index is 0. The molecule has 2 fully saturated rings. The first-order valence-electron chi connectivity index (χ1n) is 42.5. The van der Waals surface area contributed by atoms with E-state index in [9.17, 15) is 0 Å². The zero-order chi connectivity index (χ0) is 82.7. The fraction of sp³-hybridized carbons (Fsp3) is 0.284. The van der Waals surface area contributed by atoms with Crippen molar-refractivity contribution in [3.05, 3.63) is 414 Å². The van der Waals surface area contributed by atoms with E-state index in [1.807, 2.05) is 183 Å². The van der Waals surface area contributed by atoms with Crippen molar-refractivity contribution >= 4 is 0 Å². The molecule has 2 aliphatic rings. The Balaban J connectivity index is 0.000000167. The molecule has 9 aromatic carbocycles. The molecular weight excluding hydrogens is 2010 g/mol. The van der Waals surface area contributed by atoms with Crippen molar-refractivity contribution in [1.82, 2.24) is 43.6 Å². The summed E-state index contributed by atoms with van der Waals surface area (Å²) in [5, 5.41) is 0. The van der Waals surface area contributed by atoms with E-state index in [2.05, 4.69) is 286 Å². The van der Waals surface area contributed by atoms with Crippen LogP contribution >= 0.6 is 0 Å². The zero-order valence-electron chi connectivity index (χ0n) is 72.3. The maximum Gasteiger partial charge on any atom is 0.0602 e. The average molecular weight is 2130 g/mol. The summed E-state index contributed by atoms with van der Waals surface area (Å²) in [6, 6.07) is 107. The molecule has 15 aromatic rings. The number of imidazole rings is 3. The van der Waals surface area contributed by atoms with Gasteiger partial charge >= 0.3 is 0 Å². The summed E-state index contributed by atoms with van der Waals surface area (Å²) < 4.78 is 6.79. The van der Waals surface area contributed by atoms with Crippen molar-refractivity contribution in [1.29, 1.82) is 0 Å². The molecule has 2 aliphatic carbocycles. The largest absolute Gasteiger partial charge is 0.340 e. The van der Waals surface area contributed by atoms with Crippen LogP contribution in [0.4, 0.5) is 0 Å². The van der Waals surface area contributed by atoms with E-state index >= 15 is 0 Å². The fourth-order valence-corrected chi connectivity index (χ4v) is 16.3. The Labute approximate surface area is 763 Å². The monoisotopic (exact) mass is 2130 g/mol. The van der Waals surface area contributed by atoms with Crippen molar-refractivity contribution < 1.29 is 60.3 Å². The Morgan fingerprint density at radius 1 is 0.306 bits per heavy atom. The number of hydrogen-bond donors (Lipinski definition) is 0. The van der Waals surface area contributed by atoms with Crippen LogP contribution in [0.25, 0.3) is 51.2 Å². The Hall–Kier alpha value is -9.99. The second-order valence-electron chi connectivity index (χ2n) is 32.7. The summed E-state index contributed by atoms with van der Waals surface area (Å²) in [7, 11) is 0. The van der Waals surface area contributed by atoms with Crippen molar-refractivity contribution in [3.63, 3.8) is 0 Å². The molecule has 0 atom stereocenters. The number of aromatic nitrogens is 9. The first kappa shape index (κ1) is 94.9. The number of pyridine rings is 3. The van der Waals surface area contributed by atoms with Gasteiger partial charge in [0.05, 0.1) is 17.5 Å². The van der Waals surface area contributed by atoms with Crippen LogP contribution < -0.4 is 0 Å². The minimum Gasteiger partial charge on any atom is -0.340 e. The third-order valence-electron chi connectivity index (χ3n) is 23.1. The first-order chi connectivity index (χ1) is 57.5. The molecule has 0 aliphatic heterocycles. The summed E-state index contributed by atoms with van der Waals surface area (Å²) in [4.78, 5) is 27.1. The quantitative estimate of drug-likeness (QED) is 0.0795. The SMILES string of the molecule is CC(C)(c1[c-]cccc1)c1ccccn1.CC(C)(c1[c-]cccc1)c1ccccn1.CC(C)(c1[c-]cccc1)c1ccccn1.CC(C)c1cccc(C(C)C)c1-n1ccnc1-c1[c-]cccc1.CCc1cccc(CC)c1-n1ccnc1-c1[c-]cccc1.[Ir].[Ir].[Ir].[c-]1ccccc1-c1nccn1-c1c(C2CCCCC2)cccc1C1CCCCC1. The van der Waals surface area contributed by atoms with E-state index in [-0.39, 0.29) is 76.6 Å². The van der Waals surface area contributed by atoms with Gasteiger partial charge < -0.3 is 13.7 Å². The average Bonchev–Trinajstić information content (AvgIpc) is 1.76. The van der Waals surface area contributed by atoms with Crippen LogP contribution in [-0.4, -0.2) is 43.6 Å². The third kappa shape index (κ3) is 24.3. The molecule has 0 bridgehead atoms. The zero-order valence-corrected chi connectivity index (χ0v) is 79.4. The molecule has 9 nitrogen and oxygen atoms in total. The summed E-state index contributed by atoms with van der Waals surface area (Å²) in [6.07, 6.45) is 33.0. The van der Waals surface area contributed by atoms with Gasteiger partial charge in [-0.2, -0.15) is 108 Å². The van der Waals surface area contributed by atoms with E-state index in [4.69, 9.17) is 4.98 Å². The normalized spacial score (nSPS) is 12.7. The number of rotatable bonds is 18. The molecule has 629 valence electrons. The van der Waals surface area contributed by atoms with Crippen LogP contribution in [0.15, 0.2) is 311 Å². The summed E-state index contributed by atoms with van der Waals surface area (Å²) in [6.45, 7) is 26.4. The topological polar surface area (TPSA) is 92.1 Å². The van der Waals surface area contributed by atoms with Crippen LogP contribution in [0.2, 0.25) is 0 Å². The molecule has 2 saturated carbocycles. The Morgan fingerprint density at radius 3 is 0.893 bits per heavy atom. The molecular formula is C109H115Ir3N9-6. The molecule has 0 amide bonds. The molecule has 0 saturated heterocycles. The van der Waals surface area contributed by atoms with Gasteiger partial charge in [-0.15, -0.1) is 108 Å². The summed E-state index contributed by atoms with van der Waals surface area (Å²) in [5.74, 6) is 5.18. The van der Waals surface area contributed by atoms with Gasteiger partial charge in [0, 0.05) is 166 Å². The van der Waals surface area contributed by atoms with Gasteiger partial charge in [0.1, 0.15) is 0 Å². The third-order valence-corrected chi connectivity index (χ3v) is 23.1. The molecule has 17 rings (SSSR count). The Bertz CT molecular complexity index is 5030. The number of benzene rings is 9. The van der Waals surface area contributed by atoms with E-state index in [0.717, 1.165) is 64.1 Å². The van der Waals surface area contributed by atoms with Gasteiger partial charge in [-0.3, -0.25) is 29.9 Å². The van der Waals surface area contributed by atoms with E-state index in [1.54, 1.807) is 11.1 Å². The van der Waals surface area contributed by atoms with Crippen molar-refractivity contribution in [3.8, 4) is 51.2 Å². The maximum absolute atomic E-state index is 4.77. The van der Waals surface area contributed by atoms with Gasteiger partial charge in [0.15, 0.2) is 0 Å². The molecule has 0 N–H and O–H groups in total. The van der Waals surface area contributed by atoms with Gasteiger partial charge in [-0.1, -0.05) is 194 Å². The van der Waals surface area contributed by atoms with E-state index < -0.39 is 0 Å². The van der Waals surface area contributed by atoms with E-state index in [1.165, 1.54) is 120 Å². The Kier molecular flexibility index (Phi) is 36.7. The first-order valence-corrected chi connectivity index (χ1v) is 42.5. The van der Waals surface area contributed by atoms with Crippen LogP contribution in [0.3, 0.4) is 0 Å². The van der Waals surface area contributed by atoms with Gasteiger partial charge in [0.25, 0.3) is 0 Å². The molecule has 12 heteroatoms. The molecule has 6 heterocycles. The number of aryl methyl sites for hydroxylation is 2. The molecule has 3 radical (unpaired) electrons.